The molecular weight excluding hydrogens is 556 g/mol. The molecule has 0 spiro atoms. The number of hydrogen-bond donors (Lipinski definition) is 3. The van der Waals surface area contributed by atoms with E-state index < -0.39 is 45.0 Å². The van der Waals surface area contributed by atoms with Crippen molar-refractivity contribution >= 4 is 68.7 Å². The van der Waals surface area contributed by atoms with E-state index in [0.29, 0.717) is 11.6 Å². The van der Waals surface area contributed by atoms with E-state index in [4.69, 9.17) is 4.74 Å². The predicted octanol–water partition coefficient (Wildman–Crippen LogP) is 4.55. The highest BCUT2D eigenvalue weighted by atomic mass is 32.2. The molecule has 0 radical (unpaired) electrons. The second kappa shape index (κ2) is 8.73. The predicted molar refractivity (Wildman–Crippen MR) is 140 cm³/mol. The van der Waals surface area contributed by atoms with Crippen LogP contribution in [-0.4, -0.2) is 38.9 Å². The van der Waals surface area contributed by atoms with E-state index in [-0.39, 0.29) is 44.7 Å². The topological polar surface area (TPSA) is 172 Å². The smallest absolute Gasteiger partial charge is 0.295 e. The quantitative estimate of drug-likeness (QED) is 0.185. The molecule has 10 nitrogen and oxygen atoms in total. The highest BCUT2D eigenvalue weighted by Crippen LogP contribution is 2.45. The van der Waals surface area contributed by atoms with Gasteiger partial charge in [0.25, 0.3) is 30.4 Å². The lowest BCUT2D eigenvalue weighted by Crippen LogP contribution is -2.07. The number of ether oxygens (including phenoxy) is 1. The van der Waals surface area contributed by atoms with Crippen LogP contribution in [0.1, 0.15) is 11.1 Å². The molecule has 0 saturated heterocycles. The van der Waals surface area contributed by atoms with Crippen molar-refractivity contribution in [1.29, 1.82) is 0 Å². The first kappa shape index (κ1) is 26.0. The van der Waals surface area contributed by atoms with Crippen LogP contribution in [0.2, 0.25) is 0 Å². The van der Waals surface area contributed by atoms with E-state index in [1.54, 1.807) is 24.3 Å². The summed E-state index contributed by atoms with van der Waals surface area (Å²) in [6.45, 7) is 3.68. The lowest BCUT2D eigenvalue weighted by molar-refractivity contribution is 0.309. The SMILES string of the molecule is C=Cc1cccc(COc2cc(S(=O)(=O)O)c3ccc4c(S(=O)(=O)O)cc(S(=O)(=O)O)c5ccc2c3c54)c1. The fourth-order valence-corrected chi connectivity index (χ4v) is 6.80. The third kappa shape index (κ3) is 4.38. The van der Waals surface area contributed by atoms with Gasteiger partial charge in [-0.25, -0.2) is 0 Å². The Morgan fingerprint density at radius 1 is 0.658 bits per heavy atom. The molecule has 0 aliphatic heterocycles. The first-order valence-electron chi connectivity index (χ1n) is 10.8. The third-order valence-electron chi connectivity index (χ3n) is 6.16. The standard InChI is InChI=1S/C25H18O10S3/c1-2-14-4-3-5-15(10-14)13-35-20-11-21(36(26,27)28)17-8-9-19-23(38(32,33)34)12-22(37(29,30)31)18-7-6-16(20)24(17)25(18)19/h2-12H,1,13H2,(H,26,27,28)(H,29,30,31)(H,32,33,34). The van der Waals surface area contributed by atoms with Gasteiger partial charge in [-0.2, -0.15) is 25.3 Å². The van der Waals surface area contributed by atoms with Crippen molar-refractivity contribution in [1.82, 2.24) is 0 Å². The van der Waals surface area contributed by atoms with E-state index in [2.05, 4.69) is 6.58 Å². The summed E-state index contributed by atoms with van der Waals surface area (Å²) >= 11 is 0. The Balaban J connectivity index is 1.91. The molecule has 0 atom stereocenters. The zero-order valence-electron chi connectivity index (χ0n) is 19.2. The Hall–Kier alpha value is -3.59. The molecule has 5 aromatic carbocycles. The first-order valence-corrected chi connectivity index (χ1v) is 15.1. The highest BCUT2D eigenvalue weighted by molar-refractivity contribution is 7.87. The van der Waals surface area contributed by atoms with Crippen LogP contribution in [0.5, 0.6) is 5.75 Å². The Labute approximate surface area is 217 Å². The molecule has 0 amide bonds. The molecule has 0 fully saturated rings. The average Bonchev–Trinajstić information content (AvgIpc) is 2.83. The van der Waals surface area contributed by atoms with Crippen LogP contribution in [0.15, 0.2) is 81.9 Å². The molecule has 0 aliphatic rings. The minimum atomic E-state index is -4.99. The van der Waals surface area contributed by atoms with Gasteiger partial charge in [-0.15, -0.1) is 0 Å². The van der Waals surface area contributed by atoms with Crippen LogP contribution in [-0.2, 0) is 37.0 Å². The van der Waals surface area contributed by atoms with Crippen molar-refractivity contribution in [2.45, 2.75) is 21.3 Å². The maximum absolute atomic E-state index is 12.4. The molecule has 13 heteroatoms. The Bertz CT molecular complexity index is 2060. The molecule has 5 rings (SSSR count). The minimum absolute atomic E-state index is 0.00537. The van der Waals surface area contributed by atoms with Crippen LogP contribution in [0.4, 0.5) is 0 Å². The van der Waals surface area contributed by atoms with Crippen molar-refractivity contribution in [3.05, 3.63) is 78.4 Å². The molecule has 0 aliphatic carbocycles. The van der Waals surface area contributed by atoms with E-state index in [1.807, 2.05) is 6.07 Å². The van der Waals surface area contributed by atoms with Crippen molar-refractivity contribution in [2.75, 3.05) is 0 Å². The summed E-state index contributed by atoms with van der Waals surface area (Å²) in [5.41, 5.74) is 1.53. The number of rotatable bonds is 7. The summed E-state index contributed by atoms with van der Waals surface area (Å²) in [5, 5.41) is -0.100. The fourth-order valence-electron chi connectivity index (χ4n) is 4.60. The Morgan fingerprint density at radius 2 is 1.13 bits per heavy atom. The number of benzene rings is 5. The van der Waals surface area contributed by atoms with Gasteiger partial charge in [-0.05, 0) is 29.3 Å². The summed E-state index contributed by atoms with van der Waals surface area (Å²) in [7, 11) is -14.8. The third-order valence-corrected chi connectivity index (χ3v) is 8.84. The molecule has 0 aromatic heterocycles. The van der Waals surface area contributed by atoms with Crippen molar-refractivity contribution in [2.24, 2.45) is 0 Å². The van der Waals surface area contributed by atoms with E-state index in [9.17, 15) is 38.9 Å². The maximum Gasteiger partial charge on any atom is 0.295 e. The Morgan fingerprint density at radius 3 is 1.63 bits per heavy atom. The van der Waals surface area contributed by atoms with Crippen molar-refractivity contribution in [3.8, 4) is 5.75 Å². The lowest BCUT2D eigenvalue weighted by atomic mass is 9.93. The molecule has 0 saturated carbocycles. The van der Waals surface area contributed by atoms with E-state index in [1.165, 1.54) is 24.3 Å². The van der Waals surface area contributed by atoms with Gasteiger partial charge in [0.2, 0.25) is 0 Å². The average molecular weight is 575 g/mol. The van der Waals surface area contributed by atoms with E-state index in [0.717, 1.165) is 11.6 Å². The van der Waals surface area contributed by atoms with Gasteiger partial charge in [0, 0.05) is 38.4 Å². The molecule has 0 bridgehead atoms. The van der Waals surface area contributed by atoms with Gasteiger partial charge in [0.15, 0.2) is 0 Å². The Kier molecular flexibility index (Phi) is 5.98. The zero-order valence-corrected chi connectivity index (χ0v) is 21.6. The van der Waals surface area contributed by atoms with Crippen LogP contribution in [0.25, 0.3) is 38.4 Å². The largest absolute Gasteiger partial charge is 0.488 e. The first-order chi connectivity index (χ1) is 17.7. The fraction of sp³-hybridized carbons (Fsp3) is 0.0400. The zero-order chi connectivity index (χ0) is 27.6. The van der Waals surface area contributed by atoms with Crippen molar-refractivity contribution < 1.29 is 43.6 Å². The second-order valence-electron chi connectivity index (χ2n) is 8.48. The van der Waals surface area contributed by atoms with Crippen LogP contribution in [0.3, 0.4) is 0 Å². The second-order valence-corrected chi connectivity index (χ2v) is 12.6. The van der Waals surface area contributed by atoms with Crippen LogP contribution in [0, 0.1) is 0 Å². The normalized spacial score (nSPS) is 12.9. The minimum Gasteiger partial charge on any atom is -0.488 e. The van der Waals surface area contributed by atoms with E-state index >= 15 is 0 Å². The summed E-state index contributed by atoms with van der Waals surface area (Å²) in [6.07, 6.45) is 1.63. The lowest BCUT2D eigenvalue weighted by Gasteiger charge is -2.19. The molecule has 0 unspecified atom stereocenters. The maximum atomic E-state index is 12.4. The molecule has 0 heterocycles. The monoisotopic (exact) mass is 574 g/mol. The highest BCUT2D eigenvalue weighted by Gasteiger charge is 2.28. The van der Waals surface area contributed by atoms with Gasteiger partial charge in [0.1, 0.15) is 27.0 Å². The van der Waals surface area contributed by atoms with Crippen LogP contribution < -0.4 is 4.74 Å². The summed E-state index contributed by atoms with van der Waals surface area (Å²) in [4.78, 5) is -2.19. The molecule has 5 aromatic rings. The summed E-state index contributed by atoms with van der Waals surface area (Å²) in [6, 6.07) is 14.0. The summed E-state index contributed by atoms with van der Waals surface area (Å²) < 4.78 is 109. The molecule has 38 heavy (non-hydrogen) atoms. The molecular formula is C25H18O10S3. The number of hydrogen-bond acceptors (Lipinski definition) is 7. The van der Waals surface area contributed by atoms with Gasteiger partial charge in [-0.1, -0.05) is 49.1 Å². The summed E-state index contributed by atoms with van der Waals surface area (Å²) in [5.74, 6) is -0.00537. The van der Waals surface area contributed by atoms with Crippen molar-refractivity contribution in [3.63, 3.8) is 0 Å². The van der Waals surface area contributed by atoms with Gasteiger partial charge in [0.05, 0.1) is 0 Å². The molecule has 3 N–H and O–H groups in total. The van der Waals surface area contributed by atoms with Gasteiger partial charge >= 0.3 is 0 Å². The van der Waals surface area contributed by atoms with Gasteiger partial charge < -0.3 is 4.74 Å². The molecule has 196 valence electrons. The van der Waals surface area contributed by atoms with Gasteiger partial charge in [-0.3, -0.25) is 13.7 Å². The van der Waals surface area contributed by atoms with Crippen LogP contribution >= 0.6 is 0 Å².